The second-order valence-electron chi connectivity index (χ2n) is 6.77. The molecule has 5 nitrogen and oxygen atoms in total. The van der Waals surface area contributed by atoms with Gasteiger partial charge >= 0.3 is 0 Å². The Morgan fingerprint density at radius 1 is 1.32 bits per heavy atom. The molecule has 0 bridgehead atoms. The average molecular weight is 342 g/mol. The Bertz CT molecular complexity index is 719. The van der Waals surface area contributed by atoms with Crippen LogP contribution in [0.4, 0.5) is 0 Å². The van der Waals surface area contributed by atoms with Gasteiger partial charge in [0.2, 0.25) is 5.91 Å². The molecule has 1 saturated heterocycles. The number of hydrogen-bond donors (Lipinski definition) is 2. The van der Waals surface area contributed by atoms with Crippen molar-refractivity contribution in [2.45, 2.75) is 31.9 Å². The number of carbonyl (C=O) groups excluding carboxylic acids is 1. The molecule has 25 heavy (non-hydrogen) atoms. The molecule has 0 saturated carbocycles. The van der Waals surface area contributed by atoms with Crippen molar-refractivity contribution in [3.63, 3.8) is 0 Å². The topological polar surface area (TPSA) is 61.8 Å². The number of rotatable bonds is 6. The molecule has 1 fully saturated rings. The van der Waals surface area contributed by atoms with E-state index in [1.165, 1.54) is 5.39 Å². The van der Waals surface area contributed by atoms with Crippen LogP contribution in [0.1, 0.15) is 19.8 Å². The lowest BCUT2D eigenvalue weighted by Crippen LogP contribution is -2.49. The largest absolute Gasteiger partial charge is 0.491 e. The fraction of sp³-hybridized carbons (Fsp3) is 0.450. The first-order valence-corrected chi connectivity index (χ1v) is 8.89. The highest BCUT2D eigenvalue weighted by Gasteiger charge is 2.22. The smallest absolute Gasteiger partial charge is 0.217 e. The fourth-order valence-corrected chi connectivity index (χ4v) is 3.43. The van der Waals surface area contributed by atoms with E-state index >= 15 is 0 Å². The molecule has 2 atom stereocenters. The van der Waals surface area contributed by atoms with E-state index in [0.29, 0.717) is 6.54 Å². The minimum atomic E-state index is -0.553. The van der Waals surface area contributed by atoms with Crippen LogP contribution < -0.4 is 10.1 Å². The van der Waals surface area contributed by atoms with E-state index in [4.69, 9.17) is 4.74 Å². The van der Waals surface area contributed by atoms with Crippen LogP contribution >= 0.6 is 0 Å². The monoisotopic (exact) mass is 342 g/mol. The quantitative estimate of drug-likeness (QED) is 0.845. The average Bonchev–Trinajstić information content (AvgIpc) is 2.59. The number of aliphatic hydroxyl groups is 1. The first-order valence-electron chi connectivity index (χ1n) is 8.89. The van der Waals surface area contributed by atoms with Crippen molar-refractivity contribution in [1.82, 2.24) is 10.2 Å². The molecule has 2 unspecified atom stereocenters. The molecule has 5 heteroatoms. The van der Waals surface area contributed by atoms with E-state index in [1.807, 2.05) is 30.3 Å². The maximum atomic E-state index is 11.2. The normalized spacial score (nSPS) is 19.5. The molecule has 0 aliphatic carbocycles. The summed E-state index contributed by atoms with van der Waals surface area (Å²) in [6.45, 7) is 4.10. The van der Waals surface area contributed by atoms with Gasteiger partial charge in [-0.2, -0.15) is 0 Å². The van der Waals surface area contributed by atoms with Crippen LogP contribution in [0.5, 0.6) is 5.75 Å². The van der Waals surface area contributed by atoms with Gasteiger partial charge in [0.25, 0.3) is 0 Å². The van der Waals surface area contributed by atoms with Gasteiger partial charge in [-0.25, -0.2) is 0 Å². The highest BCUT2D eigenvalue weighted by molar-refractivity contribution is 5.83. The maximum Gasteiger partial charge on any atom is 0.217 e. The molecule has 1 aliphatic heterocycles. The summed E-state index contributed by atoms with van der Waals surface area (Å²) in [6.07, 6.45) is 1.48. The molecule has 1 amide bonds. The molecule has 134 valence electrons. The number of nitrogens with zero attached hydrogens (tertiary/aromatic N) is 1. The second-order valence-corrected chi connectivity index (χ2v) is 6.77. The van der Waals surface area contributed by atoms with E-state index in [0.717, 1.165) is 37.1 Å². The predicted molar refractivity (Wildman–Crippen MR) is 98.7 cm³/mol. The summed E-state index contributed by atoms with van der Waals surface area (Å²) in [7, 11) is 0. The van der Waals surface area contributed by atoms with Gasteiger partial charge < -0.3 is 15.2 Å². The zero-order chi connectivity index (χ0) is 17.6. The number of aliphatic hydroxyl groups excluding tert-OH is 1. The number of hydrogen-bond acceptors (Lipinski definition) is 4. The van der Waals surface area contributed by atoms with Gasteiger partial charge in [-0.3, -0.25) is 9.69 Å². The summed E-state index contributed by atoms with van der Waals surface area (Å²) >= 11 is 0. The number of benzene rings is 2. The number of β-amino-alcohol motifs (C(OH)–C–C–N with tert-alkyl or cyclic N) is 1. The van der Waals surface area contributed by atoms with Gasteiger partial charge in [0.1, 0.15) is 18.5 Å². The number of piperidine rings is 1. The Labute approximate surface area is 148 Å². The van der Waals surface area contributed by atoms with E-state index in [-0.39, 0.29) is 18.6 Å². The van der Waals surface area contributed by atoms with Gasteiger partial charge in [-0.1, -0.05) is 30.3 Å². The van der Waals surface area contributed by atoms with Gasteiger partial charge in [-0.05, 0) is 42.3 Å². The molecule has 0 aromatic heterocycles. The molecule has 1 aliphatic rings. The van der Waals surface area contributed by atoms with Crippen molar-refractivity contribution >= 4 is 16.7 Å². The summed E-state index contributed by atoms with van der Waals surface area (Å²) in [5.74, 6) is 0.777. The first-order chi connectivity index (χ1) is 12.1. The van der Waals surface area contributed by atoms with Crippen molar-refractivity contribution in [2.75, 3.05) is 26.2 Å². The van der Waals surface area contributed by atoms with E-state index in [2.05, 4.69) is 22.3 Å². The summed E-state index contributed by atoms with van der Waals surface area (Å²) in [5, 5.41) is 15.6. The molecule has 3 rings (SSSR count). The SMILES string of the molecule is CC(=O)NC1CCCN(CC(O)COc2ccc3ccccc3c2)C1. The number of nitrogens with one attached hydrogen (secondary N) is 1. The first kappa shape index (κ1) is 17.7. The zero-order valence-electron chi connectivity index (χ0n) is 14.6. The molecule has 2 N–H and O–H groups in total. The number of likely N-dealkylation sites (tertiary alicyclic amines) is 1. The second kappa shape index (κ2) is 8.32. The van der Waals surface area contributed by atoms with Crippen LogP contribution in [0, 0.1) is 0 Å². The lowest BCUT2D eigenvalue weighted by atomic mass is 10.1. The van der Waals surface area contributed by atoms with Gasteiger partial charge in [0.05, 0.1) is 0 Å². The summed E-state index contributed by atoms with van der Waals surface area (Å²) in [4.78, 5) is 13.4. The Morgan fingerprint density at radius 2 is 2.12 bits per heavy atom. The summed E-state index contributed by atoms with van der Waals surface area (Å²) in [6, 6.07) is 14.3. The Morgan fingerprint density at radius 3 is 2.92 bits per heavy atom. The van der Waals surface area contributed by atoms with Crippen LogP contribution in [0.3, 0.4) is 0 Å². The van der Waals surface area contributed by atoms with E-state index < -0.39 is 6.10 Å². The van der Waals surface area contributed by atoms with Gasteiger partial charge in [-0.15, -0.1) is 0 Å². The van der Waals surface area contributed by atoms with Crippen molar-refractivity contribution in [2.24, 2.45) is 0 Å². The lowest BCUT2D eigenvalue weighted by Gasteiger charge is -2.34. The summed E-state index contributed by atoms with van der Waals surface area (Å²) < 4.78 is 5.76. The molecular weight excluding hydrogens is 316 g/mol. The molecular formula is C20H26N2O3. The molecule has 2 aromatic carbocycles. The minimum Gasteiger partial charge on any atom is -0.491 e. The van der Waals surface area contributed by atoms with E-state index in [1.54, 1.807) is 6.92 Å². The third-order valence-electron chi connectivity index (χ3n) is 4.55. The van der Waals surface area contributed by atoms with Crippen LogP contribution in [0.15, 0.2) is 42.5 Å². The fourth-order valence-electron chi connectivity index (χ4n) is 3.43. The van der Waals surface area contributed by atoms with Crippen LogP contribution in [0.25, 0.3) is 10.8 Å². The molecule has 2 aromatic rings. The maximum absolute atomic E-state index is 11.2. The highest BCUT2D eigenvalue weighted by Crippen LogP contribution is 2.20. The lowest BCUT2D eigenvalue weighted by molar-refractivity contribution is -0.120. The number of carbonyl (C=O) groups is 1. The standard InChI is InChI=1S/C20H26N2O3/c1-15(23)21-18-7-4-10-22(12-18)13-19(24)14-25-20-9-8-16-5-2-3-6-17(16)11-20/h2-3,5-6,8-9,11,18-19,24H,4,7,10,12-14H2,1H3,(H,21,23). The molecule has 0 spiro atoms. The Hall–Kier alpha value is -2.11. The summed E-state index contributed by atoms with van der Waals surface area (Å²) in [5.41, 5.74) is 0. The van der Waals surface area contributed by atoms with Crippen LogP contribution in [-0.2, 0) is 4.79 Å². The number of fused-ring (bicyclic) bond motifs is 1. The Kier molecular flexibility index (Phi) is 5.89. The van der Waals surface area contributed by atoms with Crippen LogP contribution in [-0.4, -0.2) is 54.3 Å². The number of amides is 1. The van der Waals surface area contributed by atoms with Crippen molar-refractivity contribution in [3.8, 4) is 5.75 Å². The highest BCUT2D eigenvalue weighted by atomic mass is 16.5. The van der Waals surface area contributed by atoms with E-state index in [9.17, 15) is 9.90 Å². The van der Waals surface area contributed by atoms with Crippen molar-refractivity contribution < 1.29 is 14.6 Å². The third kappa shape index (κ3) is 5.18. The third-order valence-corrected chi connectivity index (χ3v) is 4.55. The zero-order valence-corrected chi connectivity index (χ0v) is 14.6. The molecule has 0 radical (unpaired) electrons. The van der Waals surface area contributed by atoms with Gasteiger partial charge in [0, 0.05) is 26.1 Å². The minimum absolute atomic E-state index is 0.00651. The predicted octanol–water partition coefficient (Wildman–Crippen LogP) is 2.18. The molecule has 1 heterocycles. The van der Waals surface area contributed by atoms with Crippen LogP contribution in [0.2, 0.25) is 0 Å². The van der Waals surface area contributed by atoms with Gasteiger partial charge in [0.15, 0.2) is 0 Å². The Balaban J connectivity index is 1.48. The number of ether oxygens (including phenoxy) is 1. The van der Waals surface area contributed by atoms with Crippen molar-refractivity contribution in [3.05, 3.63) is 42.5 Å². The van der Waals surface area contributed by atoms with Crippen molar-refractivity contribution in [1.29, 1.82) is 0 Å².